The van der Waals surface area contributed by atoms with Gasteiger partial charge in [-0.25, -0.2) is 4.79 Å². The number of carbonyl (C=O) groups is 5. The van der Waals surface area contributed by atoms with E-state index in [2.05, 4.69) is 29.4 Å². The number of hydrogen-bond donors (Lipinski definition) is 2. The van der Waals surface area contributed by atoms with Crippen molar-refractivity contribution in [1.82, 2.24) is 20.6 Å². The Morgan fingerprint density at radius 2 is 1.71 bits per heavy atom. The third kappa shape index (κ3) is 6.01. The summed E-state index contributed by atoms with van der Waals surface area (Å²) in [4.78, 5) is 65.2. The molecule has 28 heavy (non-hydrogen) atoms. The summed E-state index contributed by atoms with van der Waals surface area (Å²) in [5, 5.41) is 5.80. The highest BCUT2D eigenvalue weighted by molar-refractivity contribution is 6.01. The Balaban J connectivity index is 1.58. The Bertz CT molecular complexity index is 620. The molecule has 0 aromatic carbocycles. The van der Waals surface area contributed by atoms with Gasteiger partial charge < -0.3 is 15.5 Å². The van der Waals surface area contributed by atoms with Crippen LogP contribution in [0.1, 0.15) is 52.4 Å². The van der Waals surface area contributed by atoms with Crippen LogP contribution >= 0.6 is 0 Å². The fraction of sp³-hybridized carbons (Fsp3) is 0.722. The molecule has 2 aliphatic rings. The molecule has 4 amide bonds. The van der Waals surface area contributed by atoms with Gasteiger partial charge in [0.25, 0.3) is 11.8 Å². The highest BCUT2D eigenvalue weighted by atomic mass is 16.7. The number of nitrogens with one attached hydrogen (secondary N) is 2. The van der Waals surface area contributed by atoms with Gasteiger partial charge in [-0.3, -0.25) is 24.1 Å². The van der Waals surface area contributed by atoms with E-state index in [1.807, 2.05) is 0 Å². The summed E-state index contributed by atoms with van der Waals surface area (Å²) < 4.78 is 0. The fourth-order valence-electron chi connectivity index (χ4n) is 3.30. The maximum atomic E-state index is 12.3. The molecule has 0 spiro atoms. The summed E-state index contributed by atoms with van der Waals surface area (Å²) in [6.07, 6.45) is 1.80. The number of hydrogen-bond acceptors (Lipinski definition) is 7. The first-order valence-corrected chi connectivity index (χ1v) is 9.66. The molecule has 2 aliphatic heterocycles. The molecule has 0 saturated carbocycles. The van der Waals surface area contributed by atoms with Crippen molar-refractivity contribution in [1.29, 1.82) is 0 Å². The van der Waals surface area contributed by atoms with Crippen LogP contribution in [0.2, 0.25) is 0 Å². The third-order valence-electron chi connectivity index (χ3n) is 4.76. The molecule has 0 aromatic heterocycles. The molecule has 0 aromatic rings. The molecular weight excluding hydrogens is 368 g/mol. The lowest BCUT2D eigenvalue weighted by atomic mass is 10.2. The Kier molecular flexibility index (Phi) is 7.91. The first kappa shape index (κ1) is 21.8. The maximum Gasteiger partial charge on any atom is 0.334 e. The second-order valence-corrected chi connectivity index (χ2v) is 7.18. The second kappa shape index (κ2) is 10.2. The topological polar surface area (TPSA) is 125 Å². The van der Waals surface area contributed by atoms with Crippen LogP contribution in [0.3, 0.4) is 0 Å². The first-order chi connectivity index (χ1) is 13.3. The van der Waals surface area contributed by atoms with E-state index in [1.54, 1.807) is 0 Å². The lowest BCUT2D eigenvalue weighted by Crippen LogP contribution is -2.46. The summed E-state index contributed by atoms with van der Waals surface area (Å²) in [6, 6.07) is 0.154. The highest BCUT2D eigenvalue weighted by Crippen LogP contribution is 2.19. The Morgan fingerprint density at radius 3 is 2.36 bits per heavy atom. The lowest BCUT2D eigenvalue weighted by molar-refractivity contribution is -0.197. The normalized spacial score (nSPS) is 20.0. The van der Waals surface area contributed by atoms with Gasteiger partial charge in [-0.2, -0.15) is 0 Å². The van der Waals surface area contributed by atoms with Crippen molar-refractivity contribution in [2.24, 2.45) is 0 Å². The van der Waals surface area contributed by atoms with Crippen LogP contribution in [0.5, 0.6) is 0 Å². The molecule has 2 heterocycles. The van der Waals surface area contributed by atoms with Crippen LogP contribution in [0.15, 0.2) is 0 Å². The van der Waals surface area contributed by atoms with Crippen LogP contribution in [-0.2, 0) is 28.8 Å². The zero-order chi connectivity index (χ0) is 20.7. The van der Waals surface area contributed by atoms with Crippen LogP contribution in [0, 0.1) is 0 Å². The van der Waals surface area contributed by atoms with Gasteiger partial charge in [-0.1, -0.05) is 0 Å². The number of amides is 4. The molecule has 0 radical (unpaired) electrons. The van der Waals surface area contributed by atoms with E-state index < -0.39 is 17.8 Å². The second-order valence-electron chi connectivity index (χ2n) is 7.18. The Labute approximate surface area is 163 Å². The van der Waals surface area contributed by atoms with E-state index in [0.717, 1.165) is 19.4 Å². The SMILES string of the molecule is CC(C)N1CCC[C@H]1C(=O)NCCC(=O)NCCC(=O)ON1C(=O)CCC1=O. The molecule has 2 rings (SSSR count). The number of nitrogens with zero attached hydrogens (tertiary/aromatic N) is 2. The van der Waals surface area contributed by atoms with Gasteiger partial charge >= 0.3 is 5.97 Å². The van der Waals surface area contributed by atoms with Crippen molar-refractivity contribution in [3.05, 3.63) is 0 Å². The number of imide groups is 1. The standard InChI is InChI=1S/C18H28N4O6/c1-12(2)21-11-3-4-13(21)18(27)20-9-7-14(23)19-10-8-17(26)28-22-15(24)5-6-16(22)25/h12-13H,3-11H2,1-2H3,(H,19,23)(H,20,27)/t13-/m0/s1. The van der Waals surface area contributed by atoms with Crippen molar-refractivity contribution < 1.29 is 28.8 Å². The highest BCUT2D eigenvalue weighted by Gasteiger charge is 2.33. The van der Waals surface area contributed by atoms with Gasteiger partial charge in [0.1, 0.15) is 0 Å². The summed E-state index contributed by atoms with van der Waals surface area (Å²) in [5.41, 5.74) is 0. The summed E-state index contributed by atoms with van der Waals surface area (Å²) in [6.45, 7) is 5.25. The van der Waals surface area contributed by atoms with E-state index in [-0.39, 0.29) is 56.6 Å². The molecule has 0 bridgehead atoms. The van der Waals surface area contributed by atoms with Gasteiger partial charge in [0.05, 0.1) is 12.5 Å². The fourth-order valence-corrected chi connectivity index (χ4v) is 3.30. The van der Waals surface area contributed by atoms with Gasteiger partial charge in [0.2, 0.25) is 11.8 Å². The number of rotatable bonds is 9. The summed E-state index contributed by atoms with van der Waals surface area (Å²) in [5.74, 6) is -2.24. The maximum absolute atomic E-state index is 12.3. The summed E-state index contributed by atoms with van der Waals surface area (Å²) >= 11 is 0. The van der Waals surface area contributed by atoms with Crippen LogP contribution in [-0.4, -0.2) is 71.3 Å². The van der Waals surface area contributed by atoms with Crippen LogP contribution in [0.4, 0.5) is 0 Å². The molecule has 1 atom stereocenters. The predicted molar refractivity (Wildman–Crippen MR) is 97.3 cm³/mol. The van der Waals surface area contributed by atoms with Gasteiger partial charge in [0.15, 0.2) is 0 Å². The predicted octanol–water partition coefficient (Wildman–Crippen LogP) is -0.521. The average molecular weight is 396 g/mol. The number of carbonyl (C=O) groups excluding carboxylic acids is 5. The molecule has 2 fully saturated rings. The smallest absolute Gasteiger partial charge is 0.334 e. The molecule has 10 nitrogen and oxygen atoms in total. The van der Waals surface area contributed by atoms with Crippen molar-refractivity contribution in [3.8, 4) is 0 Å². The molecule has 2 N–H and O–H groups in total. The molecule has 10 heteroatoms. The average Bonchev–Trinajstić information content (AvgIpc) is 3.24. The van der Waals surface area contributed by atoms with Crippen molar-refractivity contribution in [2.45, 2.75) is 64.5 Å². The van der Waals surface area contributed by atoms with E-state index >= 15 is 0 Å². The van der Waals surface area contributed by atoms with Crippen molar-refractivity contribution in [2.75, 3.05) is 19.6 Å². The minimum absolute atomic E-state index is 0.0194. The van der Waals surface area contributed by atoms with Gasteiger partial charge in [-0.05, 0) is 33.2 Å². The minimum Gasteiger partial charge on any atom is -0.355 e. The van der Waals surface area contributed by atoms with E-state index in [4.69, 9.17) is 4.84 Å². The Hall–Kier alpha value is -2.49. The third-order valence-corrected chi connectivity index (χ3v) is 4.76. The van der Waals surface area contributed by atoms with Crippen LogP contribution < -0.4 is 10.6 Å². The number of hydroxylamine groups is 2. The van der Waals surface area contributed by atoms with E-state index in [0.29, 0.717) is 11.1 Å². The monoisotopic (exact) mass is 396 g/mol. The van der Waals surface area contributed by atoms with Gasteiger partial charge in [-0.15, -0.1) is 5.06 Å². The van der Waals surface area contributed by atoms with Crippen molar-refractivity contribution >= 4 is 29.6 Å². The molecule has 0 unspecified atom stereocenters. The van der Waals surface area contributed by atoms with Crippen molar-refractivity contribution in [3.63, 3.8) is 0 Å². The molecule has 0 aliphatic carbocycles. The van der Waals surface area contributed by atoms with E-state index in [1.165, 1.54) is 0 Å². The first-order valence-electron chi connectivity index (χ1n) is 9.66. The van der Waals surface area contributed by atoms with E-state index in [9.17, 15) is 24.0 Å². The zero-order valence-electron chi connectivity index (χ0n) is 16.4. The molecule has 156 valence electrons. The van der Waals surface area contributed by atoms with Crippen LogP contribution in [0.25, 0.3) is 0 Å². The summed E-state index contributed by atoms with van der Waals surface area (Å²) in [7, 11) is 0. The zero-order valence-corrected chi connectivity index (χ0v) is 16.4. The minimum atomic E-state index is -0.771. The Morgan fingerprint density at radius 1 is 1.07 bits per heavy atom. The van der Waals surface area contributed by atoms with Gasteiger partial charge in [0, 0.05) is 38.4 Å². The quantitative estimate of drug-likeness (QED) is 0.502. The largest absolute Gasteiger partial charge is 0.355 e. The molecular formula is C18H28N4O6. The lowest BCUT2D eigenvalue weighted by Gasteiger charge is -2.27. The number of likely N-dealkylation sites (tertiary alicyclic amines) is 1. The molecule has 2 saturated heterocycles.